The lowest BCUT2D eigenvalue weighted by molar-refractivity contribution is -0.118. The van der Waals surface area contributed by atoms with E-state index in [1.165, 1.54) is 0 Å². The summed E-state index contributed by atoms with van der Waals surface area (Å²) in [6, 6.07) is 12.8. The Morgan fingerprint density at radius 2 is 2.00 bits per heavy atom. The zero-order chi connectivity index (χ0) is 11.9. The van der Waals surface area contributed by atoms with Crippen molar-refractivity contribution < 1.29 is 9.53 Å². The van der Waals surface area contributed by atoms with Gasteiger partial charge in [0.05, 0.1) is 6.20 Å². The normalized spacial score (nSPS) is 9.65. The molecule has 86 valence electrons. The highest BCUT2D eigenvalue weighted by Crippen LogP contribution is 2.07. The number of benzene rings is 1. The van der Waals surface area contributed by atoms with E-state index in [0.717, 1.165) is 5.69 Å². The molecule has 2 aromatic rings. The number of pyridine rings is 1. The van der Waals surface area contributed by atoms with Gasteiger partial charge in [0.15, 0.2) is 6.61 Å². The first-order chi connectivity index (χ1) is 8.34. The van der Waals surface area contributed by atoms with E-state index in [1.807, 2.05) is 30.3 Å². The fraction of sp³-hybridized carbons (Fsp3) is 0.0769. The van der Waals surface area contributed by atoms with E-state index in [4.69, 9.17) is 4.74 Å². The van der Waals surface area contributed by atoms with E-state index < -0.39 is 0 Å². The lowest BCUT2D eigenvalue weighted by Gasteiger charge is -2.06. The monoisotopic (exact) mass is 228 g/mol. The number of carbonyl (C=O) groups excluding carboxylic acids is 1. The molecule has 0 atom stereocenters. The van der Waals surface area contributed by atoms with Crippen LogP contribution in [0.4, 0.5) is 5.69 Å². The van der Waals surface area contributed by atoms with Crippen LogP contribution in [0.1, 0.15) is 0 Å². The fourth-order valence-corrected chi connectivity index (χ4v) is 1.30. The summed E-state index contributed by atoms with van der Waals surface area (Å²) in [5, 5.41) is 2.73. The molecule has 0 saturated heterocycles. The molecule has 1 amide bonds. The molecule has 0 fully saturated rings. The van der Waals surface area contributed by atoms with Gasteiger partial charge < -0.3 is 10.1 Å². The molecule has 0 bridgehead atoms. The van der Waals surface area contributed by atoms with Crippen molar-refractivity contribution in [1.82, 2.24) is 4.98 Å². The van der Waals surface area contributed by atoms with Crippen LogP contribution in [0, 0.1) is 0 Å². The first-order valence-corrected chi connectivity index (χ1v) is 5.22. The molecule has 0 aliphatic rings. The molecule has 2 rings (SSSR count). The Labute approximate surface area is 99.3 Å². The molecule has 0 unspecified atom stereocenters. The highest BCUT2D eigenvalue weighted by atomic mass is 16.5. The van der Waals surface area contributed by atoms with Gasteiger partial charge in [0, 0.05) is 11.9 Å². The van der Waals surface area contributed by atoms with Crippen LogP contribution in [0.2, 0.25) is 0 Å². The summed E-state index contributed by atoms with van der Waals surface area (Å²) in [5.74, 6) is 0.385. The summed E-state index contributed by atoms with van der Waals surface area (Å²) in [6.07, 6.45) is 3.21. The average molecular weight is 228 g/mol. The lowest BCUT2D eigenvalue weighted by Crippen LogP contribution is -2.20. The molecular weight excluding hydrogens is 216 g/mol. The maximum absolute atomic E-state index is 11.5. The predicted molar refractivity (Wildman–Crippen MR) is 64.8 cm³/mol. The standard InChI is InChI=1S/C13H12N2O2/c16-13(15-11-5-2-1-3-6-11)10-17-12-7-4-8-14-9-12/h1-9H,10H2,(H,15,16). The second-order valence-corrected chi connectivity index (χ2v) is 3.39. The third-order valence-corrected chi connectivity index (χ3v) is 2.06. The molecule has 1 aromatic heterocycles. The number of hydrogen-bond acceptors (Lipinski definition) is 3. The first-order valence-electron chi connectivity index (χ1n) is 5.22. The molecule has 4 heteroatoms. The van der Waals surface area contributed by atoms with Crippen molar-refractivity contribution in [2.75, 3.05) is 11.9 Å². The van der Waals surface area contributed by atoms with Crippen molar-refractivity contribution in [3.05, 3.63) is 54.9 Å². The van der Waals surface area contributed by atoms with Crippen molar-refractivity contribution in [3.8, 4) is 5.75 Å². The summed E-state index contributed by atoms with van der Waals surface area (Å²) in [4.78, 5) is 15.4. The maximum atomic E-state index is 11.5. The second kappa shape index (κ2) is 5.65. The lowest BCUT2D eigenvalue weighted by atomic mass is 10.3. The number of ether oxygens (including phenoxy) is 1. The van der Waals surface area contributed by atoms with E-state index in [2.05, 4.69) is 10.3 Å². The summed E-state index contributed by atoms with van der Waals surface area (Å²) in [6.45, 7) is -0.0272. The van der Waals surface area contributed by atoms with E-state index in [9.17, 15) is 4.79 Å². The number of rotatable bonds is 4. The smallest absolute Gasteiger partial charge is 0.262 e. The van der Waals surface area contributed by atoms with Crippen LogP contribution in [0.15, 0.2) is 54.9 Å². The topological polar surface area (TPSA) is 51.2 Å². The quantitative estimate of drug-likeness (QED) is 0.871. The van der Waals surface area contributed by atoms with Crippen LogP contribution in [0.3, 0.4) is 0 Å². The van der Waals surface area contributed by atoms with E-state index in [-0.39, 0.29) is 12.5 Å². The summed E-state index contributed by atoms with van der Waals surface area (Å²) in [7, 11) is 0. The van der Waals surface area contributed by atoms with Gasteiger partial charge in [-0.3, -0.25) is 9.78 Å². The fourth-order valence-electron chi connectivity index (χ4n) is 1.30. The predicted octanol–water partition coefficient (Wildman–Crippen LogP) is 2.10. The Kier molecular flexibility index (Phi) is 3.70. The van der Waals surface area contributed by atoms with E-state index in [0.29, 0.717) is 5.75 Å². The van der Waals surface area contributed by atoms with Gasteiger partial charge in [-0.15, -0.1) is 0 Å². The van der Waals surface area contributed by atoms with Crippen LogP contribution >= 0.6 is 0 Å². The van der Waals surface area contributed by atoms with Crippen molar-refractivity contribution in [2.45, 2.75) is 0 Å². The molecule has 17 heavy (non-hydrogen) atoms. The van der Waals surface area contributed by atoms with Gasteiger partial charge in [0.1, 0.15) is 5.75 Å². The average Bonchev–Trinajstić information content (AvgIpc) is 2.39. The summed E-state index contributed by atoms with van der Waals surface area (Å²) >= 11 is 0. The van der Waals surface area contributed by atoms with E-state index in [1.54, 1.807) is 24.5 Å². The number of carbonyl (C=O) groups is 1. The Morgan fingerprint density at radius 1 is 1.18 bits per heavy atom. The van der Waals surface area contributed by atoms with E-state index >= 15 is 0 Å². The van der Waals surface area contributed by atoms with Gasteiger partial charge >= 0.3 is 0 Å². The molecule has 0 spiro atoms. The highest BCUT2D eigenvalue weighted by molar-refractivity contribution is 5.91. The largest absolute Gasteiger partial charge is 0.482 e. The Balaban J connectivity index is 1.83. The minimum absolute atomic E-state index is 0.0272. The summed E-state index contributed by atoms with van der Waals surface area (Å²) < 4.78 is 5.27. The number of nitrogens with zero attached hydrogens (tertiary/aromatic N) is 1. The Morgan fingerprint density at radius 3 is 2.71 bits per heavy atom. The number of para-hydroxylation sites is 1. The zero-order valence-electron chi connectivity index (χ0n) is 9.17. The van der Waals surface area contributed by atoms with Crippen molar-refractivity contribution >= 4 is 11.6 Å². The molecule has 1 heterocycles. The molecule has 0 saturated carbocycles. The highest BCUT2D eigenvalue weighted by Gasteiger charge is 2.02. The third-order valence-electron chi connectivity index (χ3n) is 2.06. The SMILES string of the molecule is O=C(COc1cccnc1)Nc1ccccc1. The Hall–Kier alpha value is -2.36. The van der Waals surface area contributed by atoms with Crippen molar-refractivity contribution in [2.24, 2.45) is 0 Å². The van der Waals surface area contributed by atoms with Crippen LogP contribution in [-0.4, -0.2) is 17.5 Å². The van der Waals surface area contributed by atoms with Gasteiger partial charge in [-0.2, -0.15) is 0 Å². The molecule has 0 aliphatic heterocycles. The number of nitrogens with one attached hydrogen (secondary N) is 1. The van der Waals surface area contributed by atoms with Gasteiger partial charge in [0.25, 0.3) is 5.91 Å². The van der Waals surface area contributed by atoms with Crippen LogP contribution in [0.5, 0.6) is 5.75 Å². The minimum Gasteiger partial charge on any atom is -0.482 e. The van der Waals surface area contributed by atoms with Gasteiger partial charge in [0.2, 0.25) is 0 Å². The minimum atomic E-state index is -0.194. The Bertz CT molecular complexity index is 471. The first kappa shape index (κ1) is 11.1. The number of aromatic nitrogens is 1. The van der Waals surface area contributed by atoms with Gasteiger partial charge in [-0.1, -0.05) is 18.2 Å². The number of amides is 1. The number of anilines is 1. The third kappa shape index (κ3) is 3.61. The molecule has 0 aliphatic carbocycles. The van der Waals surface area contributed by atoms with Crippen LogP contribution in [0.25, 0.3) is 0 Å². The van der Waals surface area contributed by atoms with Gasteiger partial charge in [-0.05, 0) is 24.3 Å². The molecule has 1 aromatic carbocycles. The zero-order valence-corrected chi connectivity index (χ0v) is 9.17. The van der Waals surface area contributed by atoms with Crippen LogP contribution in [-0.2, 0) is 4.79 Å². The van der Waals surface area contributed by atoms with Crippen molar-refractivity contribution in [3.63, 3.8) is 0 Å². The molecular formula is C13H12N2O2. The molecule has 1 N–H and O–H groups in total. The van der Waals surface area contributed by atoms with Gasteiger partial charge in [-0.25, -0.2) is 0 Å². The van der Waals surface area contributed by atoms with Crippen LogP contribution < -0.4 is 10.1 Å². The molecule has 4 nitrogen and oxygen atoms in total. The number of hydrogen-bond donors (Lipinski definition) is 1. The maximum Gasteiger partial charge on any atom is 0.262 e. The summed E-state index contributed by atoms with van der Waals surface area (Å²) in [5.41, 5.74) is 0.757. The second-order valence-electron chi connectivity index (χ2n) is 3.39. The van der Waals surface area contributed by atoms with Crippen molar-refractivity contribution in [1.29, 1.82) is 0 Å². The molecule has 0 radical (unpaired) electrons.